The number of hydrogen-bond donors (Lipinski definition) is 0. The third-order valence-corrected chi connectivity index (χ3v) is 4.41. The summed E-state index contributed by atoms with van der Waals surface area (Å²) in [5, 5.41) is 2.63. The van der Waals surface area contributed by atoms with Gasteiger partial charge in [0.05, 0.1) is 12.8 Å². The van der Waals surface area contributed by atoms with Gasteiger partial charge in [0.1, 0.15) is 5.75 Å². The van der Waals surface area contributed by atoms with Gasteiger partial charge in [0, 0.05) is 23.6 Å². The monoisotopic (exact) mass is 324 g/mol. The summed E-state index contributed by atoms with van der Waals surface area (Å²) in [6.07, 6.45) is 0. The number of thiazole rings is 1. The van der Waals surface area contributed by atoms with Crippen molar-refractivity contribution in [3.63, 3.8) is 0 Å². The molecule has 0 aliphatic carbocycles. The summed E-state index contributed by atoms with van der Waals surface area (Å²) >= 11 is 1.45. The van der Waals surface area contributed by atoms with Gasteiger partial charge in [-0.1, -0.05) is 30.3 Å². The Kier molecular flexibility index (Phi) is 4.39. The topological polar surface area (TPSA) is 42.4 Å². The van der Waals surface area contributed by atoms with Crippen LogP contribution in [-0.4, -0.2) is 25.0 Å². The maximum atomic E-state index is 12.5. The molecule has 0 aliphatic heterocycles. The third-order valence-electron chi connectivity index (χ3n) is 3.49. The molecule has 3 rings (SSSR count). The van der Waals surface area contributed by atoms with E-state index in [9.17, 15) is 4.79 Å². The number of benzene rings is 2. The van der Waals surface area contributed by atoms with Crippen LogP contribution in [0.25, 0.3) is 11.3 Å². The summed E-state index contributed by atoms with van der Waals surface area (Å²) in [6, 6.07) is 17.0. The zero-order valence-corrected chi connectivity index (χ0v) is 13.7. The Hall–Kier alpha value is -2.66. The average Bonchev–Trinajstić information content (AvgIpc) is 3.11. The molecule has 0 N–H and O–H groups in total. The number of ether oxygens (including phenoxy) is 1. The van der Waals surface area contributed by atoms with E-state index in [-0.39, 0.29) is 5.91 Å². The van der Waals surface area contributed by atoms with E-state index in [1.165, 1.54) is 11.3 Å². The van der Waals surface area contributed by atoms with Crippen LogP contribution in [-0.2, 0) is 0 Å². The van der Waals surface area contributed by atoms with Crippen molar-refractivity contribution in [1.29, 1.82) is 0 Å². The van der Waals surface area contributed by atoms with Crippen LogP contribution < -0.4 is 9.64 Å². The van der Waals surface area contributed by atoms with Gasteiger partial charge in [-0.2, -0.15) is 0 Å². The Labute approximate surface area is 139 Å². The molecule has 0 saturated heterocycles. The highest BCUT2D eigenvalue weighted by molar-refractivity contribution is 7.14. The van der Waals surface area contributed by atoms with Crippen molar-refractivity contribution in [1.82, 2.24) is 4.98 Å². The van der Waals surface area contributed by atoms with Crippen LogP contribution >= 0.6 is 11.3 Å². The lowest BCUT2D eigenvalue weighted by Crippen LogP contribution is -2.25. The summed E-state index contributed by atoms with van der Waals surface area (Å²) in [5.41, 5.74) is 2.52. The predicted octanol–water partition coefficient (Wildman–Crippen LogP) is 4.10. The molecule has 4 nitrogen and oxygen atoms in total. The first-order valence-electron chi connectivity index (χ1n) is 7.12. The van der Waals surface area contributed by atoms with Crippen LogP contribution in [0.4, 0.5) is 5.13 Å². The fraction of sp³-hybridized carbons (Fsp3) is 0.111. The summed E-state index contributed by atoms with van der Waals surface area (Å²) in [5.74, 6) is 0.631. The van der Waals surface area contributed by atoms with Crippen LogP contribution in [0.2, 0.25) is 0 Å². The quantitative estimate of drug-likeness (QED) is 0.726. The molecule has 23 heavy (non-hydrogen) atoms. The van der Waals surface area contributed by atoms with Gasteiger partial charge in [-0.05, 0) is 24.3 Å². The molecule has 1 heterocycles. The molecular weight excluding hydrogens is 308 g/mol. The second kappa shape index (κ2) is 6.62. The maximum Gasteiger partial charge on any atom is 0.259 e. The van der Waals surface area contributed by atoms with Crippen molar-refractivity contribution in [3.8, 4) is 17.0 Å². The number of methoxy groups -OCH3 is 1. The zero-order chi connectivity index (χ0) is 16.2. The van der Waals surface area contributed by atoms with Gasteiger partial charge < -0.3 is 4.74 Å². The molecule has 0 bridgehead atoms. The molecule has 0 atom stereocenters. The maximum absolute atomic E-state index is 12.5. The van der Waals surface area contributed by atoms with E-state index in [1.54, 1.807) is 43.3 Å². The minimum absolute atomic E-state index is 0.0957. The predicted molar refractivity (Wildman–Crippen MR) is 93.3 cm³/mol. The lowest BCUT2D eigenvalue weighted by atomic mass is 10.2. The van der Waals surface area contributed by atoms with Crippen LogP contribution in [0, 0.1) is 0 Å². The Bertz CT molecular complexity index is 797. The highest BCUT2D eigenvalue weighted by Gasteiger charge is 2.17. The minimum Gasteiger partial charge on any atom is -0.497 e. The van der Waals surface area contributed by atoms with Gasteiger partial charge in [-0.25, -0.2) is 4.98 Å². The second-order valence-electron chi connectivity index (χ2n) is 4.97. The molecule has 0 saturated carbocycles. The Morgan fingerprint density at radius 2 is 1.78 bits per heavy atom. The average molecular weight is 324 g/mol. The van der Waals surface area contributed by atoms with Crippen molar-refractivity contribution >= 4 is 22.4 Å². The fourth-order valence-electron chi connectivity index (χ4n) is 2.17. The molecule has 0 spiro atoms. The molecule has 5 heteroatoms. The van der Waals surface area contributed by atoms with Gasteiger partial charge in [-0.3, -0.25) is 9.69 Å². The fourth-order valence-corrected chi connectivity index (χ4v) is 2.97. The van der Waals surface area contributed by atoms with E-state index in [1.807, 2.05) is 35.7 Å². The zero-order valence-electron chi connectivity index (χ0n) is 12.9. The Morgan fingerprint density at radius 3 is 2.43 bits per heavy atom. The van der Waals surface area contributed by atoms with Gasteiger partial charge in [0.25, 0.3) is 5.91 Å². The number of nitrogens with zero attached hydrogens (tertiary/aromatic N) is 2. The number of amides is 1. The number of aromatic nitrogens is 1. The van der Waals surface area contributed by atoms with Crippen LogP contribution in [0.3, 0.4) is 0 Å². The number of carbonyl (C=O) groups is 1. The molecular formula is C18H16N2O2S. The highest BCUT2D eigenvalue weighted by atomic mass is 32.1. The van der Waals surface area contributed by atoms with E-state index < -0.39 is 0 Å². The molecule has 0 fully saturated rings. The van der Waals surface area contributed by atoms with Crippen molar-refractivity contribution in [2.75, 3.05) is 19.1 Å². The molecule has 116 valence electrons. The lowest BCUT2D eigenvalue weighted by Gasteiger charge is -2.14. The van der Waals surface area contributed by atoms with E-state index in [0.29, 0.717) is 10.7 Å². The smallest absolute Gasteiger partial charge is 0.259 e. The van der Waals surface area contributed by atoms with E-state index >= 15 is 0 Å². The molecule has 0 radical (unpaired) electrons. The number of hydrogen-bond acceptors (Lipinski definition) is 4. The molecule has 1 amide bonds. The highest BCUT2D eigenvalue weighted by Crippen LogP contribution is 2.27. The largest absolute Gasteiger partial charge is 0.497 e. The standard InChI is InChI=1S/C18H16N2O2S/c1-20(17(21)14-8-10-15(22-2)11-9-14)18-19-16(12-23-18)13-6-4-3-5-7-13/h3-12H,1-2H3. The van der Waals surface area contributed by atoms with Crippen molar-refractivity contribution < 1.29 is 9.53 Å². The first kappa shape index (κ1) is 15.2. The first-order chi connectivity index (χ1) is 11.2. The summed E-state index contributed by atoms with van der Waals surface area (Å²) in [7, 11) is 3.34. The number of rotatable bonds is 4. The van der Waals surface area contributed by atoms with Crippen molar-refractivity contribution in [2.24, 2.45) is 0 Å². The van der Waals surface area contributed by atoms with E-state index in [2.05, 4.69) is 4.98 Å². The van der Waals surface area contributed by atoms with E-state index in [4.69, 9.17) is 4.74 Å². The molecule has 0 unspecified atom stereocenters. The minimum atomic E-state index is -0.0957. The van der Waals surface area contributed by atoms with Gasteiger partial charge >= 0.3 is 0 Å². The summed E-state index contributed by atoms with van der Waals surface area (Å²) in [4.78, 5) is 18.7. The Morgan fingerprint density at radius 1 is 1.09 bits per heavy atom. The first-order valence-corrected chi connectivity index (χ1v) is 8.00. The molecule has 3 aromatic rings. The van der Waals surface area contributed by atoms with Crippen LogP contribution in [0.1, 0.15) is 10.4 Å². The molecule has 1 aromatic heterocycles. The second-order valence-corrected chi connectivity index (χ2v) is 5.81. The lowest BCUT2D eigenvalue weighted by molar-refractivity contribution is 0.0993. The van der Waals surface area contributed by atoms with Gasteiger partial charge in [-0.15, -0.1) is 11.3 Å². The van der Waals surface area contributed by atoms with Crippen LogP contribution in [0.5, 0.6) is 5.75 Å². The van der Waals surface area contributed by atoms with Crippen molar-refractivity contribution in [2.45, 2.75) is 0 Å². The SMILES string of the molecule is COc1ccc(C(=O)N(C)c2nc(-c3ccccc3)cs2)cc1. The van der Waals surface area contributed by atoms with E-state index in [0.717, 1.165) is 17.0 Å². The van der Waals surface area contributed by atoms with Gasteiger partial charge in [0.2, 0.25) is 0 Å². The van der Waals surface area contributed by atoms with Crippen molar-refractivity contribution in [3.05, 3.63) is 65.5 Å². The van der Waals surface area contributed by atoms with Gasteiger partial charge in [0.15, 0.2) is 5.13 Å². The summed E-state index contributed by atoms with van der Waals surface area (Å²) < 4.78 is 5.11. The molecule has 0 aliphatic rings. The molecule has 2 aromatic carbocycles. The normalized spacial score (nSPS) is 10.3. The van der Waals surface area contributed by atoms with Crippen LogP contribution in [0.15, 0.2) is 60.0 Å². The number of carbonyl (C=O) groups excluding carboxylic acids is 1. The summed E-state index contributed by atoms with van der Waals surface area (Å²) in [6.45, 7) is 0. The Balaban J connectivity index is 1.81. The third kappa shape index (κ3) is 3.24. The number of anilines is 1.